The standard InChI is InChI=1S/C21H24N4/c1-2-4-16(5-3-1)15-24-11-8-18(9-12-24)25-13-7-17-14-23-21-19(20(17)25)6-10-22-21/h1-2,4,6-7,10,13-14,18H,3,5,8-9,11-12,15H2,(H,22,23). The third kappa shape index (κ3) is 2.71. The van der Waals surface area contributed by atoms with Crippen LogP contribution in [0.1, 0.15) is 31.7 Å². The summed E-state index contributed by atoms with van der Waals surface area (Å²) in [7, 11) is 0. The second kappa shape index (κ2) is 6.19. The van der Waals surface area contributed by atoms with Crippen molar-refractivity contribution >= 4 is 21.9 Å². The minimum absolute atomic E-state index is 0.592. The van der Waals surface area contributed by atoms with Gasteiger partial charge in [-0.05, 0) is 37.8 Å². The maximum atomic E-state index is 4.52. The molecule has 0 saturated carbocycles. The first-order valence-electron chi connectivity index (χ1n) is 9.38. The Balaban J connectivity index is 1.35. The van der Waals surface area contributed by atoms with Gasteiger partial charge < -0.3 is 9.55 Å². The Morgan fingerprint density at radius 3 is 2.96 bits per heavy atom. The number of hydrogen-bond acceptors (Lipinski definition) is 2. The number of aromatic amines is 1. The van der Waals surface area contributed by atoms with Crippen LogP contribution in [0.15, 0.2) is 54.5 Å². The summed E-state index contributed by atoms with van der Waals surface area (Å²) in [6, 6.07) is 4.95. The second-order valence-electron chi connectivity index (χ2n) is 7.32. The highest BCUT2D eigenvalue weighted by atomic mass is 15.1. The number of allylic oxidation sites excluding steroid dienone is 3. The number of fused-ring (bicyclic) bond motifs is 3. The number of H-pyrrole nitrogens is 1. The largest absolute Gasteiger partial charge is 0.346 e. The third-order valence-corrected chi connectivity index (χ3v) is 5.74. The van der Waals surface area contributed by atoms with Crippen LogP contribution in [0.3, 0.4) is 0 Å². The average Bonchev–Trinajstić information content (AvgIpc) is 3.29. The molecule has 3 aromatic rings. The molecule has 128 valence electrons. The predicted octanol–water partition coefficient (Wildman–Crippen LogP) is 4.43. The summed E-state index contributed by atoms with van der Waals surface area (Å²) in [5.74, 6) is 0. The number of aromatic nitrogens is 3. The molecule has 1 saturated heterocycles. The number of piperidine rings is 1. The molecule has 0 atom stereocenters. The van der Waals surface area contributed by atoms with Gasteiger partial charge in [-0.25, -0.2) is 4.98 Å². The maximum absolute atomic E-state index is 4.52. The van der Waals surface area contributed by atoms with Crippen LogP contribution in [0, 0.1) is 0 Å². The van der Waals surface area contributed by atoms with Crippen molar-refractivity contribution in [1.29, 1.82) is 0 Å². The van der Waals surface area contributed by atoms with E-state index in [9.17, 15) is 0 Å². The zero-order valence-electron chi connectivity index (χ0n) is 14.5. The molecular weight excluding hydrogens is 308 g/mol. The molecule has 0 aromatic carbocycles. The number of nitrogens with zero attached hydrogens (tertiary/aromatic N) is 3. The summed E-state index contributed by atoms with van der Waals surface area (Å²) in [6.45, 7) is 3.52. The lowest BCUT2D eigenvalue weighted by atomic mass is 10.0. The highest BCUT2D eigenvalue weighted by molar-refractivity contribution is 6.02. The van der Waals surface area contributed by atoms with Crippen LogP contribution in [0.25, 0.3) is 21.9 Å². The van der Waals surface area contributed by atoms with Crippen LogP contribution >= 0.6 is 0 Å². The number of rotatable bonds is 3. The van der Waals surface area contributed by atoms with E-state index in [1.165, 1.54) is 55.1 Å². The summed E-state index contributed by atoms with van der Waals surface area (Å²) < 4.78 is 2.49. The molecule has 4 nitrogen and oxygen atoms in total. The van der Waals surface area contributed by atoms with E-state index in [-0.39, 0.29) is 0 Å². The van der Waals surface area contributed by atoms with Gasteiger partial charge in [0.25, 0.3) is 0 Å². The van der Waals surface area contributed by atoms with E-state index in [1.54, 1.807) is 5.57 Å². The lowest BCUT2D eigenvalue weighted by Crippen LogP contribution is -2.35. The molecule has 2 aliphatic rings. The molecule has 1 aliphatic heterocycles. The molecule has 0 unspecified atom stereocenters. The normalized spacial score (nSPS) is 19.8. The fourth-order valence-electron chi connectivity index (χ4n) is 4.39. The molecular formula is C21H24N4. The van der Waals surface area contributed by atoms with Crippen molar-refractivity contribution in [2.45, 2.75) is 31.7 Å². The lowest BCUT2D eigenvalue weighted by molar-refractivity contribution is 0.200. The van der Waals surface area contributed by atoms with Crippen molar-refractivity contribution in [3.05, 3.63) is 54.5 Å². The quantitative estimate of drug-likeness (QED) is 0.770. The molecule has 0 bridgehead atoms. The van der Waals surface area contributed by atoms with E-state index < -0.39 is 0 Å². The summed E-state index contributed by atoms with van der Waals surface area (Å²) >= 11 is 0. The number of likely N-dealkylation sites (tertiary alicyclic amines) is 1. The van der Waals surface area contributed by atoms with Crippen molar-refractivity contribution in [3.8, 4) is 0 Å². The van der Waals surface area contributed by atoms with Gasteiger partial charge in [-0.1, -0.05) is 23.8 Å². The summed E-state index contributed by atoms with van der Waals surface area (Å²) in [4.78, 5) is 10.4. The van der Waals surface area contributed by atoms with E-state index in [4.69, 9.17) is 0 Å². The van der Waals surface area contributed by atoms with E-state index in [2.05, 4.69) is 56.0 Å². The monoisotopic (exact) mass is 332 g/mol. The predicted molar refractivity (Wildman–Crippen MR) is 103 cm³/mol. The Hall–Kier alpha value is -2.33. The summed E-state index contributed by atoms with van der Waals surface area (Å²) in [5, 5.41) is 2.48. The van der Waals surface area contributed by atoms with Crippen LogP contribution < -0.4 is 0 Å². The van der Waals surface area contributed by atoms with Crippen LogP contribution in [0.5, 0.6) is 0 Å². The SMILES string of the molecule is C1=CCCC(CN2CCC(n3ccc4cnc5[nH]ccc5c43)CC2)=C1. The highest BCUT2D eigenvalue weighted by Gasteiger charge is 2.22. The summed E-state index contributed by atoms with van der Waals surface area (Å²) in [5.41, 5.74) is 3.92. The molecule has 0 radical (unpaired) electrons. The Morgan fingerprint density at radius 2 is 2.12 bits per heavy atom. The molecule has 3 aromatic heterocycles. The minimum Gasteiger partial charge on any atom is -0.346 e. The van der Waals surface area contributed by atoms with E-state index >= 15 is 0 Å². The highest BCUT2D eigenvalue weighted by Crippen LogP contribution is 2.31. The lowest BCUT2D eigenvalue weighted by Gasteiger charge is -2.34. The van der Waals surface area contributed by atoms with Gasteiger partial charge in [0.15, 0.2) is 0 Å². The third-order valence-electron chi connectivity index (χ3n) is 5.74. The van der Waals surface area contributed by atoms with Gasteiger partial charge in [0, 0.05) is 55.0 Å². The van der Waals surface area contributed by atoms with Crippen LogP contribution in [-0.2, 0) is 0 Å². The minimum atomic E-state index is 0.592. The van der Waals surface area contributed by atoms with Crippen molar-refractivity contribution < 1.29 is 0 Å². The summed E-state index contributed by atoms with van der Waals surface area (Å²) in [6.07, 6.45) is 17.9. The van der Waals surface area contributed by atoms with E-state index in [0.717, 1.165) is 12.2 Å². The Bertz CT molecular complexity index is 951. The van der Waals surface area contributed by atoms with Gasteiger partial charge in [0.05, 0.1) is 5.52 Å². The molecule has 25 heavy (non-hydrogen) atoms. The van der Waals surface area contributed by atoms with Crippen LogP contribution in [0.4, 0.5) is 0 Å². The van der Waals surface area contributed by atoms with Crippen molar-refractivity contribution in [3.63, 3.8) is 0 Å². The van der Waals surface area contributed by atoms with E-state index in [0.29, 0.717) is 6.04 Å². The van der Waals surface area contributed by atoms with Crippen LogP contribution in [-0.4, -0.2) is 39.1 Å². The molecule has 4 heteroatoms. The van der Waals surface area contributed by atoms with Gasteiger partial charge >= 0.3 is 0 Å². The topological polar surface area (TPSA) is 36.9 Å². The first-order chi connectivity index (χ1) is 12.4. The number of hydrogen-bond donors (Lipinski definition) is 1. The molecule has 1 fully saturated rings. The first-order valence-corrected chi connectivity index (χ1v) is 9.38. The Morgan fingerprint density at radius 1 is 1.20 bits per heavy atom. The fourth-order valence-corrected chi connectivity index (χ4v) is 4.39. The van der Waals surface area contributed by atoms with Crippen molar-refractivity contribution in [2.75, 3.05) is 19.6 Å². The average molecular weight is 332 g/mol. The fraction of sp³-hybridized carbons (Fsp3) is 0.381. The Labute approximate surface area is 147 Å². The van der Waals surface area contributed by atoms with Gasteiger partial charge in [-0.15, -0.1) is 0 Å². The second-order valence-corrected chi connectivity index (χ2v) is 7.32. The Kier molecular flexibility index (Phi) is 3.71. The smallest absolute Gasteiger partial charge is 0.139 e. The van der Waals surface area contributed by atoms with Crippen LogP contribution in [0.2, 0.25) is 0 Å². The number of pyridine rings is 1. The van der Waals surface area contributed by atoms with Crippen molar-refractivity contribution in [2.24, 2.45) is 0 Å². The van der Waals surface area contributed by atoms with Gasteiger partial charge in [-0.2, -0.15) is 0 Å². The molecule has 1 N–H and O–H groups in total. The zero-order chi connectivity index (χ0) is 16.6. The first kappa shape index (κ1) is 15.0. The van der Waals surface area contributed by atoms with Crippen molar-refractivity contribution in [1.82, 2.24) is 19.4 Å². The van der Waals surface area contributed by atoms with Gasteiger partial charge in [-0.3, -0.25) is 4.90 Å². The number of nitrogens with one attached hydrogen (secondary N) is 1. The molecule has 0 spiro atoms. The molecule has 4 heterocycles. The van der Waals surface area contributed by atoms with Gasteiger partial charge in [0.2, 0.25) is 0 Å². The maximum Gasteiger partial charge on any atom is 0.139 e. The molecule has 0 amide bonds. The van der Waals surface area contributed by atoms with Gasteiger partial charge in [0.1, 0.15) is 5.65 Å². The molecule has 1 aliphatic carbocycles. The molecule has 5 rings (SSSR count). The van der Waals surface area contributed by atoms with E-state index in [1.807, 2.05) is 12.4 Å². The zero-order valence-corrected chi connectivity index (χ0v) is 14.5.